The quantitative estimate of drug-likeness (QED) is 0.590. The Hall–Kier alpha value is -3.08. The molecular weight excluding hydrogens is 312 g/mol. The van der Waals surface area contributed by atoms with Gasteiger partial charge < -0.3 is 10.3 Å². The maximum atomic E-state index is 12.7. The highest BCUT2D eigenvalue weighted by Gasteiger charge is 2.33. The zero-order valence-corrected chi connectivity index (χ0v) is 13.7. The predicted molar refractivity (Wildman–Crippen MR) is 98.7 cm³/mol. The zero-order valence-electron chi connectivity index (χ0n) is 13.7. The molecule has 4 aromatic rings. The van der Waals surface area contributed by atoms with Gasteiger partial charge in [0.2, 0.25) is 11.9 Å². The van der Waals surface area contributed by atoms with Gasteiger partial charge in [-0.2, -0.15) is 0 Å². The van der Waals surface area contributed by atoms with Crippen molar-refractivity contribution in [3.05, 3.63) is 60.3 Å². The molecule has 0 radical (unpaired) electrons. The van der Waals surface area contributed by atoms with Crippen molar-refractivity contribution in [2.75, 3.05) is 5.32 Å². The lowest BCUT2D eigenvalue weighted by Gasteiger charge is -2.09. The van der Waals surface area contributed by atoms with Crippen LogP contribution in [0.4, 0.5) is 5.95 Å². The molecule has 1 saturated carbocycles. The molecule has 2 aromatic heterocycles. The van der Waals surface area contributed by atoms with E-state index < -0.39 is 0 Å². The van der Waals surface area contributed by atoms with Gasteiger partial charge in [-0.15, -0.1) is 0 Å². The third-order valence-corrected chi connectivity index (χ3v) is 4.78. The molecule has 2 aromatic carbocycles. The largest absolute Gasteiger partial charge is 0.361 e. The second-order valence-electron chi connectivity index (χ2n) is 6.62. The van der Waals surface area contributed by atoms with Crippen LogP contribution in [0.15, 0.2) is 54.7 Å². The molecule has 25 heavy (non-hydrogen) atoms. The maximum Gasteiger partial charge on any atom is 0.237 e. The van der Waals surface area contributed by atoms with Crippen LogP contribution in [0.25, 0.3) is 21.9 Å². The normalized spacial score (nSPS) is 14.2. The summed E-state index contributed by atoms with van der Waals surface area (Å²) in [5.41, 5.74) is 4.01. The second kappa shape index (κ2) is 5.48. The Morgan fingerprint density at radius 1 is 1.20 bits per heavy atom. The molecule has 1 aliphatic rings. The lowest BCUT2D eigenvalue weighted by Crippen LogP contribution is -2.16. The number of fused-ring (bicyclic) bond motifs is 2. The van der Waals surface area contributed by atoms with E-state index in [1.165, 1.54) is 5.39 Å². The van der Waals surface area contributed by atoms with E-state index in [4.69, 9.17) is 0 Å². The van der Waals surface area contributed by atoms with Crippen molar-refractivity contribution in [3.63, 3.8) is 0 Å². The number of hydrogen-bond donors (Lipinski definition) is 2. The molecule has 1 aliphatic carbocycles. The van der Waals surface area contributed by atoms with Gasteiger partial charge in [0.25, 0.3) is 0 Å². The average Bonchev–Trinajstić information content (AvgIpc) is 3.27. The first-order chi connectivity index (χ1) is 12.3. The number of H-pyrrole nitrogens is 1. The van der Waals surface area contributed by atoms with Crippen LogP contribution in [0.3, 0.4) is 0 Å². The van der Waals surface area contributed by atoms with Crippen molar-refractivity contribution in [2.45, 2.75) is 19.4 Å². The molecular formula is C20H18N4O. The number of nitrogens with zero attached hydrogens (tertiary/aromatic N) is 2. The number of imidazole rings is 1. The molecule has 0 unspecified atom stereocenters. The number of hydrogen-bond acceptors (Lipinski definition) is 3. The summed E-state index contributed by atoms with van der Waals surface area (Å²) in [6.07, 6.45) is 3.90. The number of rotatable bonds is 4. The molecule has 0 spiro atoms. The van der Waals surface area contributed by atoms with E-state index in [9.17, 15) is 4.79 Å². The van der Waals surface area contributed by atoms with E-state index in [0.717, 1.165) is 35.0 Å². The van der Waals surface area contributed by atoms with Crippen LogP contribution in [0, 0.1) is 5.92 Å². The lowest BCUT2D eigenvalue weighted by atomic mass is 10.1. The van der Waals surface area contributed by atoms with Crippen molar-refractivity contribution in [1.82, 2.24) is 14.5 Å². The SMILES string of the molecule is O=C(C1CC1)n1c(NCc2ccc3[nH]ccc3c2)nc2ccccc21. The van der Waals surface area contributed by atoms with Gasteiger partial charge in [0.15, 0.2) is 0 Å². The molecule has 124 valence electrons. The van der Waals surface area contributed by atoms with E-state index >= 15 is 0 Å². The molecule has 0 aliphatic heterocycles. The summed E-state index contributed by atoms with van der Waals surface area (Å²) in [6.45, 7) is 0.627. The van der Waals surface area contributed by atoms with Crippen LogP contribution in [-0.2, 0) is 6.54 Å². The molecule has 0 amide bonds. The minimum Gasteiger partial charge on any atom is -0.361 e. The van der Waals surface area contributed by atoms with E-state index in [-0.39, 0.29) is 11.8 Å². The first-order valence-electron chi connectivity index (χ1n) is 8.61. The molecule has 0 atom stereocenters. The van der Waals surface area contributed by atoms with Crippen LogP contribution in [0.1, 0.15) is 23.2 Å². The Balaban J connectivity index is 1.49. The summed E-state index contributed by atoms with van der Waals surface area (Å²) in [7, 11) is 0. The summed E-state index contributed by atoms with van der Waals surface area (Å²) in [4.78, 5) is 20.6. The number of aromatic nitrogens is 3. The van der Waals surface area contributed by atoms with Crippen LogP contribution in [-0.4, -0.2) is 20.4 Å². The first-order valence-corrected chi connectivity index (χ1v) is 8.61. The van der Waals surface area contributed by atoms with Crippen molar-refractivity contribution >= 4 is 33.8 Å². The number of carbonyl (C=O) groups excluding carboxylic acids is 1. The number of aromatic amines is 1. The summed E-state index contributed by atoms with van der Waals surface area (Å²) in [5, 5.41) is 4.54. The summed E-state index contributed by atoms with van der Waals surface area (Å²) < 4.78 is 1.75. The van der Waals surface area contributed by atoms with Crippen molar-refractivity contribution in [3.8, 4) is 0 Å². The number of anilines is 1. The molecule has 1 fully saturated rings. The van der Waals surface area contributed by atoms with Crippen LogP contribution >= 0.6 is 0 Å². The topological polar surface area (TPSA) is 62.7 Å². The lowest BCUT2D eigenvalue weighted by molar-refractivity contribution is 0.0893. The number of benzene rings is 2. The Morgan fingerprint density at radius 3 is 2.96 bits per heavy atom. The predicted octanol–water partition coefficient (Wildman–Crippen LogP) is 4.18. The minimum absolute atomic E-state index is 0.148. The molecule has 0 saturated heterocycles. The third-order valence-electron chi connectivity index (χ3n) is 4.78. The smallest absolute Gasteiger partial charge is 0.237 e. The average molecular weight is 330 g/mol. The fourth-order valence-electron chi connectivity index (χ4n) is 3.27. The Labute approximate surface area is 144 Å². The fourth-order valence-corrected chi connectivity index (χ4v) is 3.27. The second-order valence-corrected chi connectivity index (χ2v) is 6.62. The molecule has 2 N–H and O–H groups in total. The van der Waals surface area contributed by atoms with Gasteiger partial charge in [-0.1, -0.05) is 18.2 Å². The number of para-hydroxylation sites is 2. The maximum absolute atomic E-state index is 12.7. The van der Waals surface area contributed by atoms with Gasteiger partial charge in [0, 0.05) is 24.2 Å². The number of nitrogens with one attached hydrogen (secondary N) is 2. The Kier molecular flexibility index (Phi) is 3.13. The summed E-state index contributed by atoms with van der Waals surface area (Å²) in [6, 6.07) is 16.2. The van der Waals surface area contributed by atoms with Gasteiger partial charge in [-0.05, 0) is 54.1 Å². The van der Waals surface area contributed by atoms with Crippen molar-refractivity contribution in [2.24, 2.45) is 5.92 Å². The van der Waals surface area contributed by atoms with Crippen molar-refractivity contribution in [1.29, 1.82) is 0 Å². The van der Waals surface area contributed by atoms with Crippen LogP contribution < -0.4 is 5.32 Å². The van der Waals surface area contributed by atoms with E-state index in [1.807, 2.05) is 30.5 Å². The molecule has 5 heteroatoms. The van der Waals surface area contributed by atoms with Gasteiger partial charge >= 0.3 is 0 Å². The summed E-state index contributed by atoms with van der Waals surface area (Å²) in [5.74, 6) is 0.930. The standard InChI is InChI=1S/C20H18N4O/c25-19(14-6-7-14)24-18-4-2-1-3-17(18)23-20(24)22-12-13-5-8-16-15(11-13)9-10-21-16/h1-5,8-11,14,21H,6-7,12H2,(H,22,23). The Morgan fingerprint density at radius 2 is 2.08 bits per heavy atom. The number of carbonyl (C=O) groups is 1. The highest BCUT2D eigenvalue weighted by molar-refractivity contribution is 5.96. The van der Waals surface area contributed by atoms with Gasteiger partial charge in [0.1, 0.15) is 0 Å². The summed E-state index contributed by atoms with van der Waals surface area (Å²) >= 11 is 0. The molecule has 2 heterocycles. The van der Waals surface area contributed by atoms with E-state index in [0.29, 0.717) is 12.5 Å². The van der Waals surface area contributed by atoms with Gasteiger partial charge in [0.05, 0.1) is 11.0 Å². The van der Waals surface area contributed by atoms with E-state index in [2.05, 4.69) is 39.6 Å². The minimum atomic E-state index is 0.148. The van der Waals surface area contributed by atoms with Crippen LogP contribution in [0.5, 0.6) is 0 Å². The molecule has 0 bridgehead atoms. The Bertz CT molecular complexity index is 1090. The zero-order chi connectivity index (χ0) is 16.8. The van der Waals surface area contributed by atoms with Crippen molar-refractivity contribution < 1.29 is 4.79 Å². The van der Waals surface area contributed by atoms with Crippen LogP contribution in [0.2, 0.25) is 0 Å². The fraction of sp³-hybridized carbons (Fsp3) is 0.200. The third kappa shape index (κ3) is 2.48. The van der Waals surface area contributed by atoms with Gasteiger partial charge in [-0.3, -0.25) is 4.79 Å². The van der Waals surface area contributed by atoms with Gasteiger partial charge in [-0.25, -0.2) is 9.55 Å². The molecule has 5 rings (SSSR count). The highest BCUT2D eigenvalue weighted by atomic mass is 16.2. The monoisotopic (exact) mass is 330 g/mol. The van der Waals surface area contributed by atoms with E-state index in [1.54, 1.807) is 4.57 Å². The highest BCUT2D eigenvalue weighted by Crippen LogP contribution is 2.33. The molecule has 5 nitrogen and oxygen atoms in total. The first kappa shape index (κ1) is 14.3.